The molecule has 0 radical (unpaired) electrons. The number of imidazole rings is 1. The average Bonchev–Trinajstić information content (AvgIpc) is 3.11. The van der Waals surface area contributed by atoms with Crippen molar-refractivity contribution >= 4 is 33.7 Å². The first kappa shape index (κ1) is 20.6. The highest BCUT2D eigenvalue weighted by atomic mass is 32.2. The molecule has 0 fully saturated rings. The largest absolute Gasteiger partial charge is 0.324 e. The van der Waals surface area contributed by atoms with Crippen LogP contribution in [0.5, 0.6) is 0 Å². The number of rotatable bonds is 6. The van der Waals surface area contributed by atoms with Crippen LogP contribution in [-0.2, 0) is 6.54 Å². The molecule has 0 aliphatic carbocycles. The summed E-state index contributed by atoms with van der Waals surface area (Å²) in [7, 11) is 3.95. The molecule has 0 bridgehead atoms. The van der Waals surface area contributed by atoms with Crippen molar-refractivity contribution in [1.82, 2.24) is 19.5 Å². The maximum Gasteiger partial charge on any atom is 0.302 e. The number of fused-ring (bicyclic) bond motifs is 1. The van der Waals surface area contributed by atoms with Gasteiger partial charge in [-0.05, 0) is 45.3 Å². The third-order valence-electron chi connectivity index (χ3n) is 5.02. The summed E-state index contributed by atoms with van der Waals surface area (Å²) in [5.74, 6) is 1.000. The Morgan fingerprint density at radius 1 is 1.17 bits per heavy atom. The Kier molecular flexibility index (Phi) is 5.87. The summed E-state index contributed by atoms with van der Waals surface area (Å²) in [6.07, 6.45) is 0. The molecule has 6 nitrogen and oxygen atoms in total. The third-order valence-corrected chi connectivity index (χ3v) is 5.90. The molecule has 30 heavy (non-hydrogen) atoms. The normalized spacial score (nSPS) is 14.6. The summed E-state index contributed by atoms with van der Waals surface area (Å²) >= 11 is 1.27. The fraction of sp³-hybridized carbons (Fsp3) is 0.318. The molecular weight excluding hydrogens is 401 g/mol. The predicted molar refractivity (Wildman–Crippen MR) is 120 cm³/mol. The summed E-state index contributed by atoms with van der Waals surface area (Å²) in [6.45, 7) is 4.08. The van der Waals surface area contributed by atoms with Gasteiger partial charge in [-0.3, -0.25) is 4.79 Å². The molecule has 8 heteroatoms. The second kappa shape index (κ2) is 8.57. The number of hydrogen-bond donors (Lipinski definition) is 0. The molecule has 4 rings (SSSR count). The van der Waals surface area contributed by atoms with Gasteiger partial charge >= 0.3 is 5.24 Å². The van der Waals surface area contributed by atoms with Crippen LogP contribution < -0.4 is 0 Å². The first-order valence-corrected chi connectivity index (χ1v) is 10.9. The number of aryl methyl sites for hydroxylation is 1. The summed E-state index contributed by atoms with van der Waals surface area (Å²) in [4.78, 5) is 19.0. The van der Waals surface area contributed by atoms with Gasteiger partial charge in [0, 0.05) is 30.0 Å². The highest BCUT2D eigenvalue weighted by molar-refractivity contribution is 8.14. The number of carbonyl (C=O) groups is 1. The minimum atomic E-state index is -0.279. The first-order chi connectivity index (χ1) is 14.5. The van der Waals surface area contributed by atoms with E-state index in [0.29, 0.717) is 12.3 Å². The lowest BCUT2D eigenvalue weighted by atomic mass is 10.1. The van der Waals surface area contributed by atoms with Crippen molar-refractivity contribution in [3.8, 4) is 11.4 Å². The summed E-state index contributed by atoms with van der Waals surface area (Å²) in [5, 5.41) is 6.12. The van der Waals surface area contributed by atoms with Gasteiger partial charge in [0.1, 0.15) is 11.6 Å². The number of likely N-dealkylation sites (N-methyl/N-ethyl adjacent to an activating group) is 1. The number of aromatic nitrogens is 2. The standard InChI is InChI=1S/C22H24FN5OS/c1-4-27-20-9-8-15(19-14-30-22(29)28(25-19)11-10-26(2)3)13-18(20)24-21(27)16-6-5-7-17(23)12-16/h5-9,12-13H,4,10-11,14H2,1-3H3. The van der Waals surface area contributed by atoms with E-state index in [0.717, 1.165) is 46.8 Å². The number of hydrazone groups is 1. The Bertz CT molecular complexity index is 1120. The molecule has 0 saturated carbocycles. The summed E-state index contributed by atoms with van der Waals surface area (Å²) < 4.78 is 15.8. The van der Waals surface area contributed by atoms with Crippen molar-refractivity contribution in [2.45, 2.75) is 13.5 Å². The molecule has 0 N–H and O–H groups in total. The Balaban J connectivity index is 1.71. The van der Waals surface area contributed by atoms with E-state index in [1.165, 1.54) is 28.9 Å². The molecule has 0 spiro atoms. The van der Waals surface area contributed by atoms with Gasteiger partial charge in [-0.15, -0.1) is 0 Å². The molecule has 1 aliphatic heterocycles. The van der Waals surface area contributed by atoms with Crippen molar-refractivity contribution in [1.29, 1.82) is 0 Å². The van der Waals surface area contributed by atoms with E-state index in [4.69, 9.17) is 4.98 Å². The fourth-order valence-electron chi connectivity index (χ4n) is 3.47. The summed E-state index contributed by atoms with van der Waals surface area (Å²) in [5.41, 5.74) is 4.38. The number of thioether (sulfide) groups is 1. The SMILES string of the molecule is CCn1c(-c2cccc(F)c2)nc2cc(C3=NN(CCN(C)C)C(=O)SC3)ccc21. The van der Waals surface area contributed by atoms with Gasteiger partial charge < -0.3 is 9.47 Å². The zero-order valence-corrected chi connectivity index (χ0v) is 18.1. The van der Waals surface area contributed by atoms with E-state index in [9.17, 15) is 9.18 Å². The number of hydrogen-bond acceptors (Lipinski definition) is 5. The van der Waals surface area contributed by atoms with Gasteiger partial charge in [0.25, 0.3) is 0 Å². The van der Waals surface area contributed by atoms with Gasteiger partial charge in [-0.2, -0.15) is 5.10 Å². The number of benzene rings is 2. The zero-order chi connectivity index (χ0) is 21.3. The Morgan fingerprint density at radius 3 is 2.73 bits per heavy atom. The van der Waals surface area contributed by atoms with Gasteiger partial charge in [0.15, 0.2) is 0 Å². The Hall–Kier alpha value is -2.71. The second-order valence-electron chi connectivity index (χ2n) is 7.42. The molecule has 2 aromatic carbocycles. The highest BCUT2D eigenvalue weighted by Crippen LogP contribution is 2.27. The molecule has 2 heterocycles. The van der Waals surface area contributed by atoms with Crippen molar-refractivity contribution in [2.75, 3.05) is 32.9 Å². The lowest BCUT2D eigenvalue weighted by molar-refractivity contribution is 0.218. The van der Waals surface area contributed by atoms with Gasteiger partial charge in [-0.1, -0.05) is 30.0 Å². The van der Waals surface area contributed by atoms with Crippen LogP contribution in [0.4, 0.5) is 9.18 Å². The average molecular weight is 426 g/mol. The number of amides is 1. The Labute approximate surface area is 179 Å². The van der Waals surface area contributed by atoms with Crippen LogP contribution in [-0.4, -0.2) is 63.3 Å². The second-order valence-corrected chi connectivity index (χ2v) is 8.35. The van der Waals surface area contributed by atoms with Crippen molar-refractivity contribution in [3.05, 3.63) is 53.8 Å². The third kappa shape index (κ3) is 4.11. The van der Waals surface area contributed by atoms with Gasteiger partial charge in [-0.25, -0.2) is 14.4 Å². The van der Waals surface area contributed by atoms with Crippen molar-refractivity contribution < 1.29 is 9.18 Å². The number of carbonyl (C=O) groups excluding carboxylic acids is 1. The quantitative estimate of drug-likeness (QED) is 0.591. The molecule has 156 valence electrons. The van der Waals surface area contributed by atoms with Gasteiger partial charge in [0.05, 0.1) is 23.3 Å². The molecule has 1 aromatic heterocycles. The predicted octanol–water partition coefficient (Wildman–Crippen LogP) is 4.30. The minimum absolute atomic E-state index is 0.0228. The van der Waals surface area contributed by atoms with Crippen molar-refractivity contribution in [2.24, 2.45) is 5.10 Å². The van der Waals surface area contributed by atoms with E-state index in [-0.39, 0.29) is 11.1 Å². The summed E-state index contributed by atoms with van der Waals surface area (Å²) in [6, 6.07) is 12.6. The molecular formula is C22H24FN5OS. The maximum atomic E-state index is 13.7. The maximum absolute atomic E-state index is 13.7. The molecule has 3 aromatic rings. The monoisotopic (exact) mass is 425 g/mol. The smallest absolute Gasteiger partial charge is 0.302 e. The fourth-order valence-corrected chi connectivity index (χ4v) is 4.24. The first-order valence-electron chi connectivity index (χ1n) is 9.89. The van der Waals surface area contributed by atoms with E-state index in [2.05, 4.69) is 9.67 Å². The number of nitrogens with zero attached hydrogens (tertiary/aromatic N) is 5. The van der Waals surface area contributed by atoms with E-state index >= 15 is 0 Å². The topological polar surface area (TPSA) is 53.7 Å². The van der Waals surface area contributed by atoms with Crippen LogP contribution in [0, 0.1) is 5.82 Å². The van der Waals surface area contributed by atoms with Crippen LogP contribution in [0.3, 0.4) is 0 Å². The van der Waals surface area contributed by atoms with Gasteiger partial charge in [0.2, 0.25) is 0 Å². The van der Waals surface area contributed by atoms with Crippen molar-refractivity contribution in [3.63, 3.8) is 0 Å². The van der Waals surface area contributed by atoms with E-state index in [1.54, 1.807) is 6.07 Å². The van der Waals surface area contributed by atoms with Crippen LogP contribution >= 0.6 is 11.8 Å². The van der Waals surface area contributed by atoms with Crippen LogP contribution in [0.2, 0.25) is 0 Å². The molecule has 0 saturated heterocycles. The van der Waals surface area contributed by atoms with Crippen LogP contribution in [0.25, 0.3) is 22.4 Å². The lowest BCUT2D eigenvalue weighted by Crippen LogP contribution is -2.35. The minimum Gasteiger partial charge on any atom is -0.324 e. The van der Waals surface area contributed by atoms with Crippen LogP contribution in [0.1, 0.15) is 12.5 Å². The van der Waals surface area contributed by atoms with Crippen LogP contribution in [0.15, 0.2) is 47.6 Å². The lowest BCUT2D eigenvalue weighted by Gasteiger charge is -2.24. The molecule has 1 amide bonds. The zero-order valence-electron chi connectivity index (χ0n) is 17.3. The van der Waals surface area contributed by atoms with E-state index < -0.39 is 0 Å². The molecule has 0 unspecified atom stereocenters. The Morgan fingerprint density at radius 2 is 2.00 bits per heavy atom. The van der Waals surface area contributed by atoms with E-state index in [1.807, 2.05) is 50.2 Å². The molecule has 0 atom stereocenters. The highest BCUT2D eigenvalue weighted by Gasteiger charge is 2.23. The molecule has 1 aliphatic rings. The number of halogens is 1.